The molecule has 30 aromatic rings. The second-order valence-corrected chi connectivity index (χ2v) is 36.4. The third-order valence-corrected chi connectivity index (χ3v) is 30.5. The predicted octanol–water partition coefficient (Wildman–Crippen LogP) is 30.7. The molecule has 0 radical (unpaired) electrons. The van der Waals surface area contributed by atoms with Crippen molar-refractivity contribution in [1.29, 1.82) is 0 Å². The van der Waals surface area contributed by atoms with E-state index in [9.17, 15) is 0 Å². The molecule has 30 rings (SSSR count). The van der Waals surface area contributed by atoms with Crippen LogP contribution in [0.15, 0.2) is 358 Å². The number of thiophene rings is 3. The minimum atomic E-state index is 0.957. The lowest BCUT2D eigenvalue weighted by atomic mass is 9.96. The number of para-hydroxylation sites is 10. The maximum atomic E-state index is 5.66. The molecule has 0 atom stereocenters. The second kappa shape index (κ2) is 23.7. The Kier molecular flexibility index (Phi) is 12.6. The summed E-state index contributed by atoms with van der Waals surface area (Å²) in [6, 6.07) is 134. The summed E-state index contributed by atoms with van der Waals surface area (Å²) in [5.41, 5.74) is 27.6. The van der Waals surface area contributed by atoms with Crippen LogP contribution in [0.2, 0.25) is 0 Å². The summed E-state index contributed by atoms with van der Waals surface area (Å²) in [6.45, 7) is 0. The van der Waals surface area contributed by atoms with E-state index in [2.05, 4.69) is 385 Å². The van der Waals surface area contributed by atoms with E-state index >= 15 is 0 Å². The zero-order valence-electron chi connectivity index (χ0n) is 65.3. The first-order valence-electron chi connectivity index (χ1n) is 41.9. The van der Waals surface area contributed by atoms with Crippen molar-refractivity contribution in [3.63, 3.8) is 0 Å². The molecule has 0 saturated heterocycles. The van der Waals surface area contributed by atoms with Gasteiger partial charge >= 0.3 is 0 Å². The van der Waals surface area contributed by atoms with E-state index in [1.165, 1.54) is 169 Å². The van der Waals surface area contributed by atoms with E-state index in [-0.39, 0.29) is 0 Å². The number of pyridine rings is 3. The molecule has 0 N–H and O–H groups in total. The van der Waals surface area contributed by atoms with Gasteiger partial charge in [-0.05, 0) is 202 Å². The van der Waals surface area contributed by atoms with Crippen LogP contribution in [-0.4, -0.2) is 41.9 Å². The lowest BCUT2D eigenvalue weighted by Gasteiger charge is -2.14. The van der Waals surface area contributed by atoms with Gasteiger partial charge in [0.05, 0.1) is 82.8 Å². The number of hydrogen-bond donors (Lipinski definition) is 0. The average Bonchev–Trinajstić information content (AvgIpc) is 1.57. The van der Waals surface area contributed by atoms with Crippen LogP contribution in [-0.2, 0) is 0 Å². The molecule has 0 bridgehead atoms. The normalized spacial score (nSPS) is 12.7. The first-order chi connectivity index (χ1) is 61.0. The molecule has 12 aromatic heterocycles. The summed E-state index contributed by atoms with van der Waals surface area (Å²) in [5.74, 6) is 0. The van der Waals surface area contributed by atoms with Crippen LogP contribution >= 0.6 is 34.0 Å². The Bertz CT molecular complexity index is 10100. The molecule has 12 heteroatoms. The smallest absolute Gasteiger partial charge is 0.147 e. The van der Waals surface area contributed by atoms with E-state index in [0.717, 1.165) is 111 Å². The Labute approximate surface area is 708 Å². The fourth-order valence-electron chi connectivity index (χ4n) is 22.0. The van der Waals surface area contributed by atoms with Crippen molar-refractivity contribution in [3.05, 3.63) is 358 Å². The maximum absolute atomic E-state index is 5.66. The summed E-state index contributed by atoms with van der Waals surface area (Å²) >= 11 is 5.63. The SMILES string of the molecule is c1ccc(-n2c3ccccc3c3c4c5ccc6sc7c(-c8ccc9c(c8)c8ccc%10c(c%11ccc%12sc%13cc(-c%14ccc(-n%15c%16ccccc%16c%16c%17c%18cc%19sc%20ccccc%20c%19cc%18c%18nc%19ccccc%19n%18c%17ccc%16%15)cc%14)ccc%13c%12c%11c%11nc%12ccccc%12n%10%11)c8n9-c8ccccc8)cccc7c6c5c5nc6ccccc6n5c4ccc32)cc1. The van der Waals surface area contributed by atoms with Crippen LogP contribution in [0.1, 0.15) is 0 Å². The number of aromatic nitrogens is 9. The molecule has 0 amide bonds. The predicted molar refractivity (Wildman–Crippen MR) is 523 cm³/mol. The molecule has 123 heavy (non-hydrogen) atoms. The van der Waals surface area contributed by atoms with Crippen LogP contribution in [0.3, 0.4) is 0 Å². The quantitative estimate of drug-likeness (QED) is 0.161. The fraction of sp³-hybridized carbons (Fsp3) is 0. The van der Waals surface area contributed by atoms with Crippen LogP contribution < -0.4 is 0 Å². The Morgan fingerprint density at radius 2 is 0.634 bits per heavy atom. The third-order valence-electron chi connectivity index (χ3n) is 27.1. The fourth-order valence-corrected chi connectivity index (χ4v) is 25.6. The van der Waals surface area contributed by atoms with E-state index in [1.807, 2.05) is 34.0 Å². The number of hydrogen-bond acceptors (Lipinski definition) is 6. The number of imidazole rings is 3. The molecular formula is C111H59N9S3. The monoisotopic (exact) mass is 1610 g/mol. The third kappa shape index (κ3) is 8.50. The summed E-state index contributed by atoms with van der Waals surface area (Å²) < 4.78 is 22.3. The highest BCUT2D eigenvalue weighted by Gasteiger charge is 2.29. The molecule has 0 aliphatic carbocycles. The topological polar surface area (TPSA) is 66.7 Å². The van der Waals surface area contributed by atoms with Gasteiger partial charge < -0.3 is 13.7 Å². The summed E-state index contributed by atoms with van der Waals surface area (Å²) in [4.78, 5) is 16.7. The van der Waals surface area contributed by atoms with Gasteiger partial charge in [0.1, 0.15) is 16.9 Å². The zero-order valence-corrected chi connectivity index (χ0v) is 67.8. The summed E-state index contributed by atoms with van der Waals surface area (Å²) in [6.07, 6.45) is 0. The maximum Gasteiger partial charge on any atom is 0.147 e. The number of benzene rings is 18. The van der Waals surface area contributed by atoms with Crippen molar-refractivity contribution >= 4 is 275 Å². The molecular weight excluding hydrogens is 1560 g/mol. The lowest BCUT2D eigenvalue weighted by Crippen LogP contribution is -1.97. The Hall–Kier alpha value is -15.6. The standard InChI is InChI=1S/C111H59N9S3/c1-3-20-63(21-4-1)115-82-32-13-7-25-69(82)98-88(115)50-52-90-100(98)72-46-55-95-104(105(72)110-113-80-30-11-16-35-86(80)119(90)110)74-28-19-27-66(108(74)123-95)62-41-48-84-75(56-62)68-45-49-92-102(107(68)117(84)64-22-5-2-6-23-64)73-47-54-94-103(106(73)111-114-81-31-12-17-36-87(81)120(92)111)71-44-40-61(57-96(71)122-94)60-38-42-65(43-39-60)116-83-33-14-8-26-70(83)99-89(116)51-53-91-101(99)77-59-97-76(67-24-9-18-37-93(67)121-97)58-78(77)109-112-79-29-10-15-34-85(79)118(91)109/h1-59H. The van der Waals surface area contributed by atoms with E-state index in [1.54, 1.807) is 0 Å². The minimum absolute atomic E-state index is 0.957. The van der Waals surface area contributed by atoms with Crippen molar-refractivity contribution < 1.29 is 0 Å². The largest absolute Gasteiger partial charge is 0.309 e. The Morgan fingerprint density at radius 3 is 1.30 bits per heavy atom. The van der Waals surface area contributed by atoms with Gasteiger partial charge in [0.15, 0.2) is 0 Å². The van der Waals surface area contributed by atoms with Gasteiger partial charge in [0.25, 0.3) is 0 Å². The summed E-state index contributed by atoms with van der Waals surface area (Å²) in [7, 11) is 0. The molecule has 0 fully saturated rings. The van der Waals surface area contributed by atoms with Crippen molar-refractivity contribution in [2.45, 2.75) is 0 Å². The van der Waals surface area contributed by atoms with E-state index in [4.69, 9.17) is 15.0 Å². The van der Waals surface area contributed by atoms with E-state index < -0.39 is 0 Å². The van der Waals surface area contributed by atoms with Gasteiger partial charge in [0, 0.05) is 142 Å². The van der Waals surface area contributed by atoms with Gasteiger partial charge in [-0.3, -0.25) is 13.2 Å². The first-order valence-corrected chi connectivity index (χ1v) is 44.3. The van der Waals surface area contributed by atoms with Gasteiger partial charge in [-0.1, -0.05) is 194 Å². The molecule has 0 aliphatic rings. The molecule has 9 nitrogen and oxygen atoms in total. The van der Waals surface area contributed by atoms with Crippen molar-refractivity contribution in [1.82, 2.24) is 41.9 Å². The van der Waals surface area contributed by atoms with E-state index in [0.29, 0.717) is 0 Å². The van der Waals surface area contributed by atoms with Crippen molar-refractivity contribution in [2.24, 2.45) is 0 Å². The highest BCUT2D eigenvalue weighted by atomic mass is 32.1. The minimum Gasteiger partial charge on any atom is -0.309 e. The van der Waals surface area contributed by atoms with Crippen LogP contribution in [0.4, 0.5) is 0 Å². The highest BCUT2D eigenvalue weighted by molar-refractivity contribution is 7.27. The first kappa shape index (κ1) is 65.4. The Morgan fingerprint density at radius 1 is 0.187 bits per heavy atom. The lowest BCUT2D eigenvalue weighted by molar-refractivity contribution is 1.18. The number of fused-ring (bicyclic) bond motifs is 47. The molecule has 0 aliphatic heterocycles. The van der Waals surface area contributed by atoms with Gasteiger partial charge in [0.2, 0.25) is 0 Å². The molecule has 566 valence electrons. The van der Waals surface area contributed by atoms with Crippen LogP contribution in [0, 0.1) is 0 Å². The average molecular weight is 1610 g/mol. The summed E-state index contributed by atoms with van der Waals surface area (Å²) in [5, 5.41) is 25.5. The molecule has 0 unspecified atom stereocenters. The highest BCUT2D eigenvalue weighted by Crippen LogP contribution is 2.53. The van der Waals surface area contributed by atoms with Crippen LogP contribution in [0.25, 0.3) is 280 Å². The number of rotatable bonds is 5. The van der Waals surface area contributed by atoms with Crippen molar-refractivity contribution in [3.8, 4) is 39.3 Å². The Balaban J connectivity index is 0.595. The molecule has 12 heterocycles. The molecule has 18 aromatic carbocycles. The van der Waals surface area contributed by atoms with Gasteiger partial charge in [-0.25, -0.2) is 15.0 Å². The van der Waals surface area contributed by atoms with Gasteiger partial charge in [-0.15, -0.1) is 34.0 Å². The molecule has 0 saturated carbocycles. The zero-order chi connectivity index (χ0) is 79.4. The van der Waals surface area contributed by atoms with Crippen molar-refractivity contribution in [2.75, 3.05) is 0 Å². The second-order valence-electron chi connectivity index (χ2n) is 33.1. The van der Waals surface area contributed by atoms with Crippen LogP contribution in [0.5, 0.6) is 0 Å². The molecule has 0 spiro atoms. The van der Waals surface area contributed by atoms with Gasteiger partial charge in [-0.2, -0.15) is 0 Å². The number of nitrogens with zero attached hydrogens (tertiary/aromatic N) is 9.